The second-order valence-corrected chi connectivity index (χ2v) is 3.71. The van der Waals surface area contributed by atoms with Crippen molar-refractivity contribution in [3.63, 3.8) is 0 Å². The van der Waals surface area contributed by atoms with Crippen molar-refractivity contribution in [1.29, 1.82) is 0 Å². The predicted octanol–water partition coefficient (Wildman–Crippen LogP) is 0.933. The zero-order valence-electron chi connectivity index (χ0n) is 8.74. The molecule has 1 aromatic carbocycles. The fourth-order valence-corrected chi connectivity index (χ4v) is 1.80. The van der Waals surface area contributed by atoms with Crippen LogP contribution in [0.5, 0.6) is 0 Å². The van der Waals surface area contributed by atoms with Gasteiger partial charge in [0.05, 0.1) is 11.3 Å². The summed E-state index contributed by atoms with van der Waals surface area (Å²) < 4.78 is 13.7. The summed E-state index contributed by atoms with van der Waals surface area (Å²) in [6, 6.07) is 4.03. The van der Waals surface area contributed by atoms with E-state index in [-0.39, 0.29) is 5.56 Å². The van der Waals surface area contributed by atoms with E-state index in [2.05, 4.69) is 5.32 Å². The number of carboxylic acids is 1. The molecule has 5 heteroatoms. The van der Waals surface area contributed by atoms with Crippen molar-refractivity contribution in [2.45, 2.75) is 0 Å². The number of halogens is 1. The summed E-state index contributed by atoms with van der Waals surface area (Å²) in [5.41, 5.74) is 0.461. The number of carbonyl (C=O) groups is 1. The van der Waals surface area contributed by atoms with Gasteiger partial charge in [-0.1, -0.05) is 0 Å². The highest BCUT2D eigenvalue weighted by Gasteiger charge is 2.15. The van der Waals surface area contributed by atoms with Crippen LogP contribution in [-0.4, -0.2) is 37.3 Å². The van der Waals surface area contributed by atoms with Gasteiger partial charge in [-0.15, -0.1) is 0 Å². The highest BCUT2D eigenvalue weighted by molar-refractivity contribution is 5.88. The standard InChI is InChI=1S/C11H13FN2O2/c12-9-7-8(11(15)16)1-2-10(9)14-5-3-13-4-6-14/h1-2,7,13H,3-6H2,(H,15,16). The Bertz CT molecular complexity index is 403. The highest BCUT2D eigenvalue weighted by atomic mass is 19.1. The van der Waals surface area contributed by atoms with Crippen LogP contribution in [0.15, 0.2) is 18.2 Å². The van der Waals surface area contributed by atoms with Crippen molar-refractivity contribution in [3.05, 3.63) is 29.6 Å². The van der Waals surface area contributed by atoms with Gasteiger partial charge >= 0.3 is 5.97 Å². The predicted molar refractivity (Wildman–Crippen MR) is 58.4 cm³/mol. The van der Waals surface area contributed by atoms with Gasteiger partial charge in [-0.25, -0.2) is 9.18 Å². The molecule has 1 aromatic rings. The van der Waals surface area contributed by atoms with E-state index in [4.69, 9.17) is 5.11 Å². The summed E-state index contributed by atoms with van der Waals surface area (Å²) in [5.74, 6) is -1.58. The third-order valence-corrected chi connectivity index (χ3v) is 2.65. The smallest absolute Gasteiger partial charge is 0.335 e. The van der Waals surface area contributed by atoms with Crippen molar-refractivity contribution < 1.29 is 14.3 Å². The molecule has 0 radical (unpaired) electrons. The van der Waals surface area contributed by atoms with E-state index in [0.29, 0.717) is 5.69 Å². The maximum atomic E-state index is 13.7. The first-order valence-electron chi connectivity index (χ1n) is 5.17. The highest BCUT2D eigenvalue weighted by Crippen LogP contribution is 2.20. The van der Waals surface area contributed by atoms with Crippen LogP contribution in [0.2, 0.25) is 0 Å². The van der Waals surface area contributed by atoms with Gasteiger partial charge in [0.25, 0.3) is 0 Å². The maximum absolute atomic E-state index is 13.7. The van der Waals surface area contributed by atoms with Gasteiger partial charge in [0.15, 0.2) is 0 Å². The fraction of sp³-hybridized carbons (Fsp3) is 0.364. The number of anilines is 1. The molecule has 0 unspecified atom stereocenters. The van der Waals surface area contributed by atoms with Gasteiger partial charge in [-0.3, -0.25) is 0 Å². The molecule has 1 saturated heterocycles. The number of hydrogen-bond donors (Lipinski definition) is 2. The molecule has 0 spiro atoms. The Morgan fingerprint density at radius 2 is 2.06 bits per heavy atom. The van der Waals surface area contributed by atoms with E-state index < -0.39 is 11.8 Å². The molecule has 1 heterocycles. The third-order valence-electron chi connectivity index (χ3n) is 2.65. The zero-order chi connectivity index (χ0) is 11.5. The van der Waals surface area contributed by atoms with Crippen molar-refractivity contribution in [1.82, 2.24) is 5.32 Å². The molecule has 0 saturated carbocycles. The number of aromatic carboxylic acids is 1. The molecule has 2 rings (SSSR count). The van der Waals surface area contributed by atoms with E-state index in [9.17, 15) is 9.18 Å². The van der Waals surface area contributed by atoms with Crippen LogP contribution < -0.4 is 10.2 Å². The zero-order valence-corrected chi connectivity index (χ0v) is 8.74. The Morgan fingerprint density at radius 1 is 1.38 bits per heavy atom. The number of carboxylic acid groups (broad SMARTS) is 1. The average molecular weight is 224 g/mol. The van der Waals surface area contributed by atoms with Crippen molar-refractivity contribution >= 4 is 11.7 Å². The first-order chi connectivity index (χ1) is 7.68. The molecule has 4 nitrogen and oxygen atoms in total. The summed E-state index contributed by atoms with van der Waals surface area (Å²) in [6.07, 6.45) is 0. The first kappa shape index (κ1) is 10.9. The molecule has 0 atom stereocenters. The fourth-order valence-electron chi connectivity index (χ4n) is 1.80. The summed E-state index contributed by atoms with van der Waals surface area (Å²) in [7, 11) is 0. The Kier molecular flexibility index (Phi) is 3.05. The van der Waals surface area contributed by atoms with E-state index in [1.165, 1.54) is 12.1 Å². The number of nitrogens with zero attached hydrogens (tertiary/aromatic N) is 1. The molecular formula is C11H13FN2O2. The van der Waals surface area contributed by atoms with Crippen LogP contribution >= 0.6 is 0 Å². The lowest BCUT2D eigenvalue weighted by molar-refractivity contribution is 0.0696. The third kappa shape index (κ3) is 2.14. The summed E-state index contributed by atoms with van der Waals surface area (Å²) >= 11 is 0. The Hall–Kier alpha value is -1.62. The number of benzene rings is 1. The van der Waals surface area contributed by atoms with Crippen LogP contribution in [0.4, 0.5) is 10.1 Å². The molecule has 2 N–H and O–H groups in total. The van der Waals surface area contributed by atoms with Gasteiger partial charge in [-0.05, 0) is 18.2 Å². The minimum absolute atomic E-state index is 0.0172. The van der Waals surface area contributed by atoms with Gasteiger partial charge in [-0.2, -0.15) is 0 Å². The summed E-state index contributed by atoms with van der Waals surface area (Å²) in [4.78, 5) is 12.6. The number of piperazine rings is 1. The van der Waals surface area contributed by atoms with Crippen LogP contribution in [0.3, 0.4) is 0 Å². The molecule has 86 valence electrons. The Labute approximate surface area is 92.7 Å². The number of nitrogens with one attached hydrogen (secondary N) is 1. The molecule has 1 aliphatic heterocycles. The van der Waals surface area contributed by atoms with Crippen LogP contribution in [0.1, 0.15) is 10.4 Å². The summed E-state index contributed by atoms with van der Waals surface area (Å²) in [5, 5.41) is 11.9. The summed E-state index contributed by atoms with van der Waals surface area (Å²) in [6.45, 7) is 3.12. The molecule has 16 heavy (non-hydrogen) atoms. The number of rotatable bonds is 2. The molecule has 0 bridgehead atoms. The van der Waals surface area contributed by atoms with E-state index in [1.807, 2.05) is 4.90 Å². The van der Waals surface area contributed by atoms with Gasteiger partial charge in [0.1, 0.15) is 5.82 Å². The van der Waals surface area contributed by atoms with Crippen molar-refractivity contribution in [3.8, 4) is 0 Å². The van der Waals surface area contributed by atoms with Gasteiger partial charge < -0.3 is 15.3 Å². The lowest BCUT2D eigenvalue weighted by Crippen LogP contribution is -2.43. The Morgan fingerprint density at radius 3 is 2.62 bits per heavy atom. The second-order valence-electron chi connectivity index (χ2n) is 3.71. The van der Waals surface area contributed by atoms with Crippen molar-refractivity contribution in [2.24, 2.45) is 0 Å². The SMILES string of the molecule is O=C(O)c1ccc(N2CCNCC2)c(F)c1. The average Bonchev–Trinajstić information content (AvgIpc) is 2.30. The van der Waals surface area contributed by atoms with E-state index in [0.717, 1.165) is 32.2 Å². The normalized spacial score (nSPS) is 16.2. The molecule has 0 aliphatic carbocycles. The molecular weight excluding hydrogens is 211 g/mol. The quantitative estimate of drug-likeness (QED) is 0.784. The second kappa shape index (κ2) is 4.49. The van der Waals surface area contributed by atoms with Gasteiger partial charge in [0.2, 0.25) is 0 Å². The minimum atomic E-state index is -1.11. The molecule has 1 fully saturated rings. The lowest BCUT2D eigenvalue weighted by atomic mass is 10.1. The lowest BCUT2D eigenvalue weighted by Gasteiger charge is -2.29. The van der Waals surface area contributed by atoms with E-state index >= 15 is 0 Å². The van der Waals surface area contributed by atoms with E-state index in [1.54, 1.807) is 0 Å². The Balaban J connectivity index is 2.24. The van der Waals surface area contributed by atoms with Crippen LogP contribution in [0, 0.1) is 5.82 Å². The number of hydrogen-bond acceptors (Lipinski definition) is 3. The molecule has 1 aliphatic rings. The maximum Gasteiger partial charge on any atom is 0.335 e. The minimum Gasteiger partial charge on any atom is -0.478 e. The molecule has 0 aromatic heterocycles. The van der Waals surface area contributed by atoms with Crippen molar-refractivity contribution in [2.75, 3.05) is 31.1 Å². The monoisotopic (exact) mass is 224 g/mol. The van der Waals surface area contributed by atoms with Crippen LogP contribution in [-0.2, 0) is 0 Å². The first-order valence-corrected chi connectivity index (χ1v) is 5.17. The van der Waals surface area contributed by atoms with Crippen LogP contribution in [0.25, 0.3) is 0 Å². The largest absolute Gasteiger partial charge is 0.478 e. The molecule has 0 amide bonds. The van der Waals surface area contributed by atoms with Gasteiger partial charge in [0, 0.05) is 26.2 Å². The topological polar surface area (TPSA) is 52.6 Å².